The molecule has 1 heterocycles. The van der Waals surface area contributed by atoms with Crippen LogP contribution in [0.4, 0.5) is 5.69 Å². The van der Waals surface area contributed by atoms with E-state index in [9.17, 15) is 8.42 Å². The lowest BCUT2D eigenvalue weighted by Gasteiger charge is -2.06. The van der Waals surface area contributed by atoms with Gasteiger partial charge in [-0.1, -0.05) is 12.1 Å². The number of hydrogen-bond donors (Lipinski definition) is 2. The van der Waals surface area contributed by atoms with E-state index in [-0.39, 0.29) is 11.6 Å². The molecule has 108 valence electrons. The number of hydrogen-bond acceptors (Lipinski definition) is 4. The molecule has 20 heavy (non-hydrogen) atoms. The number of benzene rings is 1. The van der Waals surface area contributed by atoms with Crippen molar-refractivity contribution in [2.45, 2.75) is 32.0 Å². The Morgan fingerprint density at radius 2 is 1.95 bits per heavy atom. The second kappa shape index (κ2) is 5.64. The zero-order valence-electron chi connectivity index (χ0n) is 11.4. The number of sulfonamides is 1. The Kier molecular flexibility index (Phi) is 4.10. The number of imidazole rings is 1. The highest BCUT2D eigenvalue weighted by Gasteiger charge is 2.18. The van der Waals surface area contributed by atoms with Gasteiger partial charge in [-0.15, -0.1) is 0 Å². The molecule has 0 spiro atoms. The van der Waals surface area contributed by atoms with Crippen molar-refractivity contribution in [2.75, 3.05) is 4.72 Å². The summed E-state index contributed by atoms with van der Waals surface area (Å²) >= 11 is 0. The molecule has 1 aromatic carbocycles. The van der Waals surface area contributed by atoms with Crippen LogP contribution in [-0.2, 0) is 23.2 Å². The van der Waals surface area contributed by atoms with Gasteiger partial charge in [-0.2, -0.15) is 8.42 Å². The summed E-state index contributed by atoms with van der Waals surface area (Å²) in [5.74, 6) is 0.656. The minimum atomic E-state index is -3.69. The van der Waals surface area contributed by atoms with Crippen LogP contribution in [-0.4, -0.2) is 23.1 Å². The molecule has 2 rings (SSSR count). The third kappa shape index (κ3) is 3.00. The SMILES string of the molecule is CCn1cc(S(=O)(=O)Nc2ccc(CO)cc2)nc1C. The molecular weight excluding hydrogens is 278 g/mol. The summed E-state index contributed by atoms with van der Waals surface area (Å²) in [6.45, 7) is 4.28. The van der Waals surface area contributed by atoms with Gasteiger partial charge in [0.1, 0.15) is 5.82 Å². The van der Waals surface area contributed by atoms with E-state index < -0.39 is 10.0 Å². The molecule has 6 nitrogen and oxygen atoms in total. The van der Waals surface area contributed by atoms with Crippen LogP contribution in [0.15, 0.2) is 35.5 Å². The third-order valence-electron chi connectivity index (χ3n) is 2.96. The van der Waals surface area contributed by atoms with Crippen LogP contribution >= 0.6 is 0 Å². The predicted molar refractivity (Wildman–Crippen MR) is 75.8 cm³/mol. The monoisotopic (exact) mass is 295 g/mol. The van der Waals surface area contributed by atoms with Crippen LogP contribution in [0.25, 0.3) is 0 Å². The summed E-state index contributed by atoms with van der Waals surface area (Å²) in [6.07, 6.45) is 1.51. The number of rotatable bonds is 5. The van der Waals surface area contributed by atoms with Crippen LogP contribution < -0.4 is 4.72 Å². The Morgan fingerprint density at radius 3 is 2.45 bits per heavy atom. The predicted octanol–water partition coefficient (Wildman–Crippen LogP) is 1.50. The number of nitrogens with zero attached hydrogens (tertiary/aromatic N) is 2. The highest BCUT2D eigenvalue weighted by atomic mass is 32.2. The van der Waals surface area contributed by atoms with Crippen LogP contribution in [0.2, 0.25) is 0 Å². The molecule has 0 saturated heterocycles. The number of aryl methyl sites for hydroxylation is 2. The molecule has 0 aliphatic carbocycles. The second-order valence-electron chi connectivity index (χ2n) is 4.37. The van der Waals surface area contributed by atoms with Gasteiger partial charge in [0, 0.05) is 18.4 Å². The van der Waals surface area contributed by atoms with Crippen molar-refractivity contribution in [3.05, 3.63) is 41.9 Å². The Balaban J connectivity index is 2.25. The van der Waals surface area contributed by atoms with Gasteiger partial charge in [0.15, 0.2) is 5.03 Å². The molecule has 0 unspecified atom stereocenters. The molecule has 2 aromatic rings. The summed E-state index contributed by atoms with van der Waals surface area (Å²) in [6, 6.07) is 6.53. The quantitative estimate of drug-likeness (QED) is 0.875. The van der Waals surface area contributed by atoms with Gasteiger partial charge in [0.25, 0.3) is 10.0 Å². The lowest BCUT2D eigenvalue weighted by atomic mass is 10.2. The fraction of sp³-hybridized carbons (Fsp3) is 0.308. The highest BCUT2D eigenvalue weighted by Crippen LogP contribution is 2.16. The van der Waals surface area contributed by atoms with Gasteiger partial charge >= 0.3 is 0 Å². The van der Waals surface area contributed by atoms with Crippen molar-refractivity contribution >= 4 is 15.7 Å². The summed E-state index contributed by atoms with van der Waals surface area (Å²) in [7, 11) is -3.69. The Labute approximate surface area is 118 Å². The van der Waals surface area contributed by atoms with Crippen LogP contribution in [0.3, 0.4) is 0 Å². The van der Waals surface area contributed by atoms with Gasteiger partial charge < -0.3 is 9.67 Å². The van der Waals surface area contributed by atoms with Crippen LogP contribution in [0.1, 0.15) is 18.3 Å². The number of nitrogens with one attached hydrogen (secondary N) is 1. The molecule has 0 atom stereocenters. The fourth-order valence-corrected chi connectivity index (χ4v) is 2.88. The number of aromatic nitrogens is 2. The van der Waals surface area contributed by atoms with E-state index >= 15 is 0 Å². The van der Waals surface area contributed by atoms with Gasteiger partial charge in [-0.3, -0.25) is 4.72 Å². The topological polar surface area (TPSA) is 84.2 Å². The smallest absolute Gasteiger partial charge is 0.280 e. The zero-order chi connectivity index (χ0) is 14.8. The maximum absolute atomic E-state index is 12.2. The maximum Gasteiger partial charge on any atom is 0.280 e. The Morgan fingerprint density at radius 1 is 1.30 bits per heavy atom. The van der Waals surface area contributed by atoms with Crippen molar-refractivity contribution < 1.29 is 13.5 Å². The normalized spacial score (nSPS) is 11.6. The van der Waals surface area contributed by atoms with Gasteiger partial charge in [0.2, 0.25) is 0 Å². The average molecular weight is 295 g/mol. The first-order valence-electron chi connectivity index (χ1n) is 6.22. The molecule has 0 aliphatic heterocycles. The Hall–Kier alpha value is -1.86. The second-order valence-corrected chi connectivity index (χ2v) is 6.00. The molecule has 0 bridgehead atoms. The first-order valence-corrected chi connectivity index (χ1v) is 7.71. The van der Waals surface area contributed by atoms with Gasteiger partial charge in [-0.25, -0.2) is 4.98 Å². The molecule has 1 aromatic heterocycles. The summed E-state index contributed by atoms with van der Waals surface area (Å²) < 4.78 is 28.6. The van der Waals surface area contributed by atoms with E-state index in [1.165, 1.54) is 6.20 Å². The molecule has 0 saturated carbocycles. The molecule has 0 fully saturated rings. The van der Waals surface area contributed by atoms with E-state index in [0.29, 0.717) is 18.1 Å². The van der Waals surface area contributed by atoms with Crippen molar-refractivity contribution in [3.8, 4) is 0 Å². The fourth-order valence-electron chi connectivity index (χ4n) is 1.81. The van der Waals surface area contributed by atoms with E-state index in [1.807, 2.05) is 6.92 Å². The lowest BCUT2D eigenvalue weighted by Crippen LogP contribution is -2.13. The molecule has 0 aliphatic rings. The van der Waals surface area contributed by atoms with Crippen molar-refractivity contribution in [3.63, 3.8) is 0 Å². The first-order chi connectivity index (χ1) is 9.46. The zero-order valence-corrected chi connectivity index (χ0v) is 12.2. The number of aliphatic hydroxyl groups is 1. The van der Waals surface area contributed by atoms with E-state index in [2.05, 4.69) is 9.71 Å². The van der Waals surface area contributed by atoms with Crippen molar-refractivity contribution in [1.29, 1.82) is 0 Å². The maximum atomic E-state index is 12.2. The average Bonchev–Trinajstić information content (AvgIpc) is 2.81. The lowest BCUT2D eigenvalue weighted by molar-refractivity contribution is 0.282. The van der Waals surface area contributed by atoms with Gasteiger partial charge in [-0.05, 0) is 31.5 Å². The molecule has 7 heteroatoms. The minimum Gasteiger partial charge on any atom is -0.392 e. The highest BCUT2D eigenvalue weighted by molar-refractivity contribution is 7.92. The number of aliphatic hydroxyl groups excluding tert-OH is 1. The van der Waals surface area contributed by atoms with Crippen LogP contribution in [0.5, 0.6) is 0 Å². The molecule has 0 amide bonds. The third-order valence-corrected chi connectivity index (χ3v) is 4.21. The Bertz CT molecular complexity index is 690. The van der Waals surface area contributed by atoms with E-state index in [0.717, 1.165) is 5.56 Å². The minimum absolute atomic E-state index is 0.00286. The van der Waals surface area contributed by atoms with Gasteiger partial charge in [0.05, 0.1) is 6.61 Å². The summed E-state index contributed by atoms with van der Waals surface area (Å²) in [4.78, 5) is 4.06. The first kappa shape index (κ1) is 14.5. The molecule has 0 radical (unpaired) electrons. The number of anilines is 1. The van der Waals surface area contributed by atoms with Crippen LogP contribution in [0, 0.1) is 6.92 Å². The standard InChI is InChI=1S/C13H17N3O3S/c1-3-16-8-13(14-10(16)2)20(18,19)15-12-6-4-11(9-17)5-7-12/h4-8,15,17H,3,9H2,1-2H3. The van der Waals surface area contributed by atoms with Crippen molar-refractivity contribution in [1.82, 2.24) is 9.55 Å². The summed E-state index contributed by atoms with van der Waals surface area (Å²) in [5.41, 5.74) is 1.16. The molecule has 2 N–H and O–H groups in total. The largest absolute Gasteiger partial charge is 0.392 e. The van der Waals surface area contributed by atoms with E-state index in [1.54, 1.807) is 35.8 Å². The molecular formula is C13H17N3O3S. The summed E-state index contributed by atoms with van der Waals surface area (Å²) in [5, 5.41) is 8.95. The van der Waals surface area contributed by atoms with E-state index in [4.69, 9.17) is 5.11 Å². The van der Waals surface area contributed by atoms with Crippen molar-refractivity contribution in [2.24, 2.45) is 0 Å².